The van der Waals surface area contributed by atoms with E-state index in [4.69, 9.17) is 5.73 Å². The highest BCUT2D eigenvalue weighted by atomic mass is 15.3. The van der Waals surface area contributed by atoms with E-state index in [1.165, 1.54) is 0 Å². The molecule has 0 spiro atoms. The van der Waals surface area contributed by atoms with Gasteiger partial charge in [0.15, 0.2) is 5.82 Å². The molecule has 1 aromatic carbocycles. The summed E-state index contributed by atoms with van der Waals surface area (Å²) in [5, 5.41) is 4.51. The zero-order valence-electron chi connectivity index (χ0n) is 10.3. The summed E-state index contributed by atoms with van der Waals surface area (Å²) < 4.78 is 1.91. The van der Waals surface area contributed by atoms with Gasteiger partial charge >= 0.3 is 0 Å². The first kappa shape index (κ1) is 11.8. The van der Waals surface area contributed by atoms with Crippen molar-refractivity contribution in [3.63, 3.8) is 0 Å². The molecule has 4 heteroatoms. The van der Waals surface area contributed by atoms with E-state index >= 15 is 0 Å². The second-order valence-electron chi connectivity index (χ2n) is 3.94. The number of aryl methyl sites for hydroxylation is 2. The average Bonchev–Trinajstić information content (AvgIpc) is 2.82. The molecule has 0 aliphatic rings. The van der Waals surface area contributed by atoms with Crippen LogP contribution in [0.25, 0.3) is 5.69 Å². The third kappa shape index (κ3) is 2.36. The Morgan fingerprint density at radius 1 is 1.24 bits per heavy atom. The summed E-state index contributed by atoms with van der Waals surface area (Å²) in [6.07, 6.45) is 1.73. The molecule has 0 aliphatic heterocycles. The SMILES string of the molecule is CCc1nc(CC)n(-c2cccc(CN)c2)n1. The maximum atomic E-state index is 5.65. The van der Waals surface area contributed by atoms with Crippen LogP contribution >= 0.6 is 0 Å². The van der Waals surface area contributed by atoms with E-state index in [2.05, 4.69) is 30.0 Å². The lowest BCUT2D eigenvalue weighted by Gasteiger charge is -2.05. The smallest absolute Gasteiger partial charge is 0.151 e. The molecule has 0 unspecified atom stereocenters. The van der Waals surface area contributed by atoms with Gasteiger partial charge < -0.3 is 5.73 Å². The number of hydrogen-bond acceptors (Lipinski definition) is 3. The molecule has 1 aromatic heterocycles. The molecule has 17 heavy (non-hydrogen) atoms. The Morgan fingerprint density at radius 3 is 2.71 bits per heavy atom. The van der Waals surface area contributed by atoms with E-state index in [1.54, 1.807) is 0 Å². The predicted octanol–water partition coefficient (Wildman–Crippen LogP) is 1.85. The van der Waals surface area contributed by atoms with E-state index in [0.29, 0.717) is 6.54 Å². The molecule has 2 N–H and O–H groups in total. The molecule has 0 radical (unpaired) electrons. The summed E-state index contributed by atoms with van der Waals surface area (Å²) in [6, 6.07) is 8.12. The van der Waals surface area contributed by atoms with Crippen molar-refractivity contribution in [1.82, 2.24) is 14.8 Å². The molecule has 4 nitrogen and oxygen atoms in total. The van der Waals surface area contributed by atoms with Gasteiger partial charge in [-0.05, 0) is 17.7 Å². The van der Waals surface area contributed by atoms with Gasteiger partial charge in [-0.2, -0.15) is 5.10 Å². The van der Waals surface area contributed by atoms with Gasteiger partial charge in [-0.25, -0.2) is 9.67 Å². The van der Waals surface area contributed by atoms with E-state index in [9.17, 15) is 0 Å². The minimum atomic E-state index is 0.546. The van der Waals surface area contributed by atoms with Crippen LogP contribution in [0.4, 0.5) is 0 Å². The topological polar surface area (TPSA) is 56.7 Å². The summed E-state index contributed by atoms with van der Waals surface area (Å²) in [5.74, 6) is 1.89. The van der Waals surface area contributed by atoms with E-state index < -0.39 is 0 Å². The predicted molar refractivity (Wildman–Crippen MR) is 68.0 cm³/mol. The van der Waals surface area contributed by atoms with Gasteiger partial charge in [0.25, 0.3) is 0 Å². The third-order valence-corrected chi connectivity index (χ3v) is 2.74. The third-order valence-electron chi connectivity index (χ3n) is 2.74. The summed E-state index contributed by atoms with van der Waals surface area (Å²) >= 11 is 0. The lowest BCUT2D eigenvalue weighted by Crippen LogP contribution is -2.04. The Bertz CT molecular complexity index is 502. The largest absolute Gasteiger partial charge is 0.326 e. The Kier molecular flexibility index (Phi) is 3.54. The maximum absolute atomic E-state index is 5.65. The summed E-state index contributed by atoms with van der Waals surface area (Å²) in [7, 11) is 0. The Morgan fingerprint density at radius 2 is 2.06 bits per heavy atom. The van der Waals surface area contributed by atoms with E-state index in [1.807, 2.05) is 22.9 Å². The number of nitrogens with two attached hydrogens (primary N) is 1. The Hall–Kier alpha value is -1.68. The molecule has 0 bridgehead atoms. The number of benzene rings is 1. The lowest BCUT2D eigenvalue weighted by molar-refractivity contribution is 0.789. The highest BCUT2D eigenvalue weighted by Gasteiger charge is 2.08. The molecule has 2 rings (SSSR count). The van der Waals surface area contributed by atoms with Crippen LogP contribution in [0.1, 0.15) is 31.1 Å². The fourth-order valence-corrected chi connectivity index (χ4v) is 1.79. The van der Waals surface area contributed by atoms with Gasteiger partial charge in [0.05, 0.1) is 5.69 Å². The van der Waals surface area contributed by atoms with Crippen molar-refractivity contribution in [3.05, 3.63) is 41.5 Å². The van der Waals surface area contributed by atoms with Crippen LogP contribution in [0.5, 0.6) is 0 Å². The average molecular weight is 230 g/mol. The monoisotopic (exact) mass is 230 g/mol. The van der Waals surface area contributed by atoms with Crippen LogP contribution in [0.2, 0.25) is 0 Å². The Balaban J connectivity index is 2.47. The van der Waals surface area contributed by atoms with Crippen LogP contribution in [0.3, 0.4) is 0 Å². The van der Waals surface area contributed by atoms with Gasteiger partial charge in [-0.15, -0.1) is 0 Å². The van der Waals surface area contributed by atoms with E-state index in [-0.39, 0.29) is 0 Å². The second kappa shape index (κ2) is 5.10. The van der Waals surface area contributed by atoms with Crippen LogP contribution in [-0.4, -0.2) is 14.8 Å². The molecule has 0 saturated carbocycles. The van der Waals surface area contributed by atoms with Gasteiger partial charge in [-0.1, -0.05) is 26.0 Å². The second-order valence-corrected chi connectivity index (χ2v) is 3.94. The highest BCUT2D eigenvalue weighted by molar-refractivity contribution is 5.35. The van der Waals surface area contributed by atoms with Crippen molar-refractivity contribution in [2.45, 2.75) is 33.2 Å². The van der Waals surface area contributed by atoms with Crippen molar-refractivity contribution >= 4 is 0 Å². The van der Waals surface area contributed by atoms with Crippen LogP contribution in [0, 0.1) is 0 Å². The van der Waals surface area contributed by atoms with Crippen LogP contribution < -0.4 is 5.73 Å². The molecule has 0 amide bonds. The van der Waals surface area contributed by atoms with Crippen LogP contribution in [-0.2, 0) is 19.4 Å². The quantitative estimate of drug-likeness (QED) is 0.872. The van der Waals surface area contributed by atoms with Crippen molar-refractivity contribution in [1.29, 1.82) is 0 Å². The number of aromatic nitrogens is 3. The standard InChI is InChI=1S/C13H18N4/c1-3-12-15-13(4-2)17(16-12)11-7-5-6-10(8-11)9-14/h5-8H,3-4,9,14H2,1-2H3. The van der Waals surface area contributed by atoms with Gasteiger partial charge in [-0.3, -0.25) is 0 Å². The fourth-order valence-electron chi connectivity index (χ4n) is 1.79. The number of rotatable bonds is 4. The minimum absolute atomic E-state index is 0.546. The molecule has 0 saturated heterocycles. The lowest BCUT2D eigenvalue weighted by atomic mass is 10.2. The molecular weight excluding hydrogens is 212 g/mol. The normalized spacial score (nSPS) is 10.8. The maximum Gasteiger partial charge on any atom is 0.151 e. The van der Waals surface area contributed by atoms with Crippen molar-refractivity contribution in [3.8, 4) is 5.69 Å². The van der Waals surface area contributed by atoms with Crippen LogP contribution in [0.15, 0.2) is 24.3 Å². The molecule has 0 aliphatic carbocycles. The summed E-state index contributed by atoms with van der Waals surface area (Å²) in [5.41, 5.74) is 7.80. The summed E-state index contributed by atoms with van der Waals surface area (Å²) in [4.78, 5) is 4.50. The van der Waals surface area contributed by atoms with Crippen molar-refractivity contribution in [2.75, 3.05) is 0 Å². The highest BCUT2D eigenvalue weighted by Crippen LogP contribution is 2.13. The van der Waals surface area contributed by atoms with Gasteiger partial charge in [0.2, 0.25) is 0 Å². The van der Waals surface area contributed by atoms with Gasteiger partial charge in [0.1, 0.15) is 5.82 Å². The molecule has 1 heterocycles. The molecule has 0 atom stereocenters. The first-order chi connectivity index (χ1) is 8.28. The molecule has 2 aromatic rings. The Labute approximate surface area is 101 Å². The molecule has 90 valence electrons. The van der Waals surface area contributed by atoms with Gasteiger partial charge in [0, 0.05) is 19.4 Å². The van der Waals surface area contributed by atoms with E-state index in [0.717, 1.165) is 35.7 Å². The number of hydrogen-bond donors (Lipinski definition) is 1. The zero-order chi connectivity index (χ0) is 12.3. The van der Waals surface area contributed by atoms with Crippen molar-refractivity contribution in [2.24, 2.45) is 5.73 Å². The first-order valence-corrected chi connectivity index (χ1v) is 6.02. The molecular formula is C13H18N4. The first-order valence-electron chi connectivity index (χ1n) is 6.02. The zero-order valence-corrected chi connectivity index (χ0v) is 10.3. The van der Waals surface area contributed by atoms with Crippen molar-refractivity contribution < 1.29 is 0 Å². The fraction of sp³-hybridized carbons (Fsp3) is 0.385. The molecule has 0 fully saturated rings. The number of nitrogens with zero attached hydrogens (tertiary/aromatic N) is 3. The summed E-state index contributed by atoms with van der Waals surface area (Å²) in [6.45, 7) is 4.70. The minimum Gasteiger partial charge on any atom is -0.326 e.